The molecule has 0 atom stereocenters. The van der Waals surface area contributed by atoms with Crippen LogP contribution in [-0.2, 0) is 0 Å². The van der Waals surface area contributed by atoms with E-state index in [0.29, 0.717) is 17.0 Å². The topological polar surface area (TPSA) is 72.2 Å². The number of primary amides is 1. The van der Waals surface area contributed by atoms with Crippen molar-refractivity contribution in [3.05, 3.63) is 71.3 Å². The maximum atomic E-state index is 12.2. The van der Waals surface area contributed by atoms with Crippen LogP contribution in [0, 0.1) is 0 Å². The number of amides is 2. The molecule has 1 aliphatic carbocycles. The van der Waals surface area contributed by atoms with Crippen LogP contribution in [0.15, 0.2) is 54.6 Å². The van der Waals surface area contributed by atoms with Crippen LogP contribution in [0.4, 0.5) is 0 Å². The van der Waals surface area contributed by atoms with Crippen molar-refractivity contribution in [3.8, 4) is 0 Å². The Kier molecular flexibility index (Phi) is 3.92. The number of hydrogen-bond acceptors (Lipinski definition) is 2. The Balaban J connectivity index is 1.58. The summed E-state index contributed by atoms with van der Waals surface area (Å²) in [6.07, 6.45) is 1.90. The molecule has 1 fully saturated rings. The highest BCUT2D eigenvalue weighted by atomic mass is 16.2. The molecule has 0 heterocycles. The van der Waals surface area contributed by atoms with Gasteiger partial charge in [-0.2, -0.15) is 0 Å². The lowest BCUT2D eigenvalue weighted by Gasteiger charge is -2.36. The van der Waals surface area contributed by atoms with Gasteiger partial charge in [-0.3, -0.25) is 9.59 Å². The second kappa shape index (κ2) is 6.02. The van der Waals surface area contributed by atoms with Gasteiger partial charge in [-0.05, 0) is 42.5 Å². The zero-order chi connectivity index (χ0) is 15.5. The van der Waals surface area contributed by atoms with Crippen molar-refractivity contribution < 1.29 is 9.59 Å². The molecule has 0 unspecified atom stereocenters. The summed E-state index contributed by atoms with van der Waals surface area (Å²) in [4.78, 5) is 23.4. The average Bonchev–Trinajstić information content (AvgIpc) is 2.51. The third kappa shape index (κ3) is 3.01. The number of benzene rings is 2. The van der Waals surface area contributed by atoms with E-state index in [2.05, 4.69) is 17.4 Å². The zero-order valence-electron chi connectivity index (χ0n) is 12.2. The molecule has 1 saturated carbocycles. The van der Waals surface area contributed by atoms with Crippen molar-refractivity contribution in [1.29, 1.82) is 0 Å². The lowest BCUT2D eigenvalue weighted by Crippen LogP contribution is -2.43. The van der Waals surface area contributed by atoms with E-state index in [1.54, 1.807) is 18.2 Å². The molecule has 0 aliphatic heterocycles. The maximum absolute atomic E-state index is 12.2. The highest BCUT2D eigenvalue weighted by molar-refractivity contribution is 5.99. The number of nitrogens with one attached hydrogen (secondary N) is 1. The number of carbonyl (C=O) groups excluding carboxylic acids is 2. The fourth-order valence-corrected chi connectivity index (χ4v) is 2.82. The molecule has 4 heteroatoms. The molecule has 1 aliphatic rings. The summed E-state index contributed by atoms with van der Waals surface area (Å²) < 4.78 is 0. The quantitative estimate of drug-likeness (QED) is 0.909. The predicted molar refractivity (Wildman–Crippen MR) is 84.6 cm³/mol. The molecule has 0 bridgehead atoms. The first-order valence-corrected chi connectivity index (χ1v) is 7.39. The van der Waals surface area contributed by atoms with Crippen LogP contribution in [0.25, 0.3) is 0 Å². The Hall–Kier alpha value is -2.62. The van der Waals surface area contributed by atoms with E-state index < -0.39 is 5.91 Å². The molecule has 2 amide bonds. The van der Waals surface area contributed by atoms with E-state index in [1.165, 1.54) is 11.6 Å². The third-order valence-corrected chi connectivity index (χ3v) is 4.15. The van der Waals surface area contributed by atoms with Crippen LogP contribution >= 0.6 is 0 Å². The van der Waals surface area contributed by atoms with Crippen molar-refractivity contribution in [2.75, 3.05) is 0 Å². The Labute approximate surface area is 129 Å². The highest BCUT2D eigenvalue weighted by Crippen LogP contribution is 2.36. The SMILES string of the molecule is NC(=O)c1cccc(C(=O)NC2CC(c3ccccc3)C2)c1. The molecule has 0 radical (unpaired) electrons. The summed E-state index contributed by atoms with van der Waals surface area (Å²) in [5.74, 6) is -0.162. The van der Waals surface area contributed by atoms with E-state index >= 15 is 0 Å². The number of nitrogens with two attached hydrogens (primary N) is 1. The van der Waals surface area contributed by atoms with Crippen LogP contribution in [0.5, 0.6) is 0 Å². The van der Waals surface area contributed by atoms with Crippen molar-refractivity contribution in [3.63, 3.8) is 0 Å². The smallest absolute Gasteiger partial charge is 0.251 e. The van der Waals surface area contributed by atoms with Gasteiger partial charge in [0.25, 0.3) is 5.91 Å². The summed E-state index contributed by atoms with van der Waals surface area (Å²) >= 11 is 0. The average molecular weight is 294 g/mol. The first-order valence-electron chi connectivity index (χ1n) is 7.39. The summed E-state index contributed by atoms with van der Waals surface area (Å²) in [7, 11) is 0. The van der Waals surface area contributed by atoms with E-state index in [9.17, 15) is 9.59 Å². The molecule has 0 saturated heterocycles. The van der Waals surface area contributed by atoms with Gasteiger partial charge in [-0.25, -0.2) is 0 Å². The lowest BCUT2D eigenvalue weighted by molar-refractivity contribution is 0.0909. The molecule has 22 heavy (non-hydrogen) atoms. The second-order valence-electron chi connectivity index (χ2n) is 5.69. The zero-order valence-corrected chi connectivity index (χ0v) is 12.2. The van der Waals surface area contributed by atoms with Gasteiger partial charge in [0, 0.05) is 17.2 Å². The van der Waals surface area contributed by atoms with E-state index in [-0.39, 0.29) is 11.9 Å². The van der Waals surface area contributed by atoms with Crippen LogP contribution < -0.4 is 11.1 Å². The number of hydrogen-bond donors (Lipinski definition) is 2. The standard InChI is InChI=1S/C18H18N2O2/c19-17(21)13-7-4-8-14(9-13)18(22)20-16-10-15(11-16)12-5-2-1-3-6-12/h1-9,15-16H,10-11H2,(H2,19,21)(H,20,22). The van der Waals surface area contributed by atoms with Gasteiger partial charge in [0.2, 0.25) is 5.91 Å². The molecule has 2 aromatic carbocycles. The molecule has 3 N–H and O–H groups in total. The largest absolute Gasteiger partial charge is 0.366 e. The minimum atomic E-state index is -0.526. The van der Waals surface area contributed by atoms with Gasteiger partial charge in [-0.1, -0.05) is 36.4 Å². The molecular weight excluding hydrogens is 276 g/mol. The van der Waals surface area contributed by atoms with E-state index in [4.69, 9.17) is 5.73 Å². The normalized spacial score (nSPS) is 20.0. The number of rotatable bonds is 4. The highest BCUT2D eigenvalue weighted by Gasteiger charge is 2.31. The molecule has 3 rings (SSSR count). The van der Waals surface area contributed by atoms with Crippen molar-refractivity contribution in [2.45, 2.75) is 24.8 Å². The van der Waals surface area contributed by atoms with Gasteiger partial charge < -0.3 is 11.1 Å². The number of carbonyl (C=O) groups is 2. The maximum Gasteiger partial charge on any atom is 0.251 e. The summed E-state index contributed by atoms with van der Waals surface area (Å²) in [6.45, 7) is 0. The molecule has 0 spiro atoms. The first-order chi connectivity index (χ1) is 10.6. The molecule has 2 aromatic rings. The van der Waals surface area contributed by atoms with Crippen molar-refractivity contribution in [1.82, 2.24) is 5.32 Å². The molecule has 4 nitrogen and oxygen atoms in total. The Morgan fingerprint density at radius 2 is 1.64 bits per heavy atom. The van der Waals surface area contributed by atoms with Crippen LogP contribution in [-0.4, -0.2) is 17.9 Å². The summed E-state index contributed by atoms with van der Waals surface area (Å²) in [5.41, 5.74) is 7.38. The minimum absolute atomic E-state index is 0.153. The minimum Gasteiger partial charge on any atom is -0.366 e. The Morgan fingerprint density at radius 3 is 2.32 bits per heavy atom. The summed E-state index contributed by atoms with van der Waals surface area (Å²) in [5, 5.41) is 3.01. The van der Waals surface area contributed by atoms with Gasteiger partial charge in [-0.15, -0.1) is 0 Å². The first kappa shape index (κ1) is 14.3. The van der Waals surface area contributed by atoms with Crippen LogP contribution in [0.3, 0.4) is 0 Å². The van der Waals surface area contributed by atoms with Crippen LogP contribution in [0.1, 0.15) is 45.0 Å². The van der Waals surface area contributed by atoms with Gasteiger partial charge >= 0.3 is 0 Å². The van der Waals surface area contributed by atoms with E-state index in [1.807, 2.05) is 18.2 Å². The van der Waals surface area contributed by atoms with Gasteiger partial charge in [0.1, 0.15) is 0 Å². The Morgan fingerprint density at radius 1 is 0.955 bits per heavy atom. The van der Waals surface area contributed by atoms with Crippen LogP contribution in [0.2, 0.25) is 0 Å². The fourth-order valence-electron chi connectivity index (χ4n) is 2.82. The predicted octanol–water partition coefficient (Wildman–Crippen LogP) is 2.46. The van der Waals surface area contributed by atoms with E-state index in [0.717, 1.165) is 12.8 Å². The monoisotopic (exact) mass is 294 g/mol. The van der Waals surface area contributed by atoms with Gasteiger partial charge in [0.05, 0.1) is 0 Å². The second-order valence-corrected chi connectivity index (χ2v) is 5.69. The Bertz CT molecular complexity index is 691. The van der Waals surface area contributed by atoms with Gasteiger partial charge in [0.15, 0.2) is 0 Å². The molecule has 112 valence electrons. The van der Waals surface area contributed by atoms with Crippen molar-refractivity contribution >= 4 is 11.8 Å². The fraction of sp³-hybridized carbons (Fsp3) is 0.222. The van der Waals surface area contributed by atoms with Crippen molar-refractivity contribution in [2.24, 2.45) is 5.73 Å². The third-order valence-electron chi connectivity index (χ3n) is 4.15. The lowest BCUT2D eigenvalue weighted by atomic mass is 9.76. The summed E-state index contributed by atoms with van der Waals surface area (Å²) in [6, 6.07) is 17.0. The molecule has 0 aromatic heterocycles. The molecular formula is C18H18N2O2.